The molecular formula is C14H20FNO2. The van der Waals surface area contributed by atoms with Gasteiger partial charge in [-0.3, -0.25) is 0 Å². The number of allylic oxidation sites excluding steroid dienone is 1. The van der Waals surface area contributed by atoms with Crippen molar-refractivity contribution in [2.75, 3.05) is 13.2 Å². The number of unbranched alkanes of at least 4 members (excludes halogenated alkanes) is 1. The standard InChI is InChI=1S/C14H20FNO2/c15-12-6-8-14(9-7-12)18-11-13(16)5-3-1-2-4-10-17/h2,4,6-9,13,17H,1,3,5,10-11,16H2/b4-2+. The molecule has 1 unspecified atom stereocenters. The van der Waals surface area contributed by atoms with Gasteiger partial charge in [0.1, 0.15) is 18.2 Å². The average Bonchev–Trinajstić information content (AvgIpc) is 2.38. The van der Waals surface area contributed by atoms with E-state index in [0.29, 0.717) is 12.4 Å². The summed E-state index contributed by atoms with van der Waals surface area (Å²) in [6.45, 7) is 0.509. The van der Waals surface area contributed by atoms with Crippen LogP contribution in [0.1, 0.15) is 19.3 Å². The first-order valence-corrected chi connectivity index (χ1v) is 6.12. The lowest BCUT2D eigenvalue weighted by Crippen LogP contribution is -2.27. The molecule has 1 rings (SSSR count). The van der Waals surface area contributed by atoms with E-state index in [4.69, 9.17) is 15.6 Å². The molecule has 3 nitrogen and oxygen atoms in total. The third kappa shape index (κ3) is 6.37. The lowest BCUT2D eigenvalue weighted by molar-refractivity contribution is 0.280. The predicted octanol–water partition coefficient (Wildman–Crippen LogP) is 2.25. The zero-order valence-electron chi connectivity index (χ0n) is 10.4. The van der Waals surface area contributed by atoms with Crippen LogP contribution in [0.2, 0.25) is 0 Å². The van der Waals surface area contributed by atoms with Gasteiger partial charge in [-0.25, -0.2) is 4.39 Å². The van der Waals surface area contributed by atoms with Gasteiger partial charge in [0.25, 0.3) is 0 Å². The molecule has 0 aromatic heterocycles. The normalized spacial score (nSPS) is 12.8. The van der Waals surface area contributed by atoms with Crippen LogP contribution in [-0.2, 0) is 0 Å². The average molecular weight is 253 g/mol. The zero-order valence-corrected chi connectivity index (χ0v) is 10.4. The van der Waals surface area contributed by atoms with Crippen molar-refractivity contribution in [2.24, 2.45) is 5.73 Å². The molecule has 0 aliphatic rings. The van der Waals surface area contributed by atoms with E-state index >= 15 is 0 Å². The fourth-order valence-electron chi connectivity index (χ4n) is 1.51. The molecule has 0 heterocycles. The summed E-state index contributed by atoms with van der Waals surface area (Å²) in [6.07, 6.45) is 6.39. The van der Waals surface area contributed by atoms with Gasteiger partial charge in [0.2, 0.25) is 0 Å². The highest BCUT2D eigenvalue weighted by atomic mass is 19.1. The highest BCUT2D eigenvalue weighted by Gasteiger charge is 2.03. The lowest BCUT2D eigenvalue weighted by atomic mass is 10.1. The van der Waals surface area contributed by atoms with Crippen LogP contribution in [0.15, 0.2) is 36.4 Å². The number of aliphatic hydroxyl groups is 1. The smallest absolute Gasteiger partial charge is 0.123 e. The third-order valence-electron chi connectivity index (χ3n) is 2.50. The molecule has 18 heavy (non-hydrogen) atoms. The van der Waals surface area contributed by atoms with Gasteiger partial charge < -0.3 is 15.6 Å². The zero-order chi connectivity index (χ0) is 13.2. The fourth-order valence-corrected chi connectivity index (χ4v) is 1.51. The number of ether oxygens (including phenoxy) is 1. The summed E-state index contributed by atoms with van der Waals surface area (Å²) in [4.78, 5) is 0. The van der Waals surface area contributed by atoms with Crippen molar-refractivity contribution in [3.05, 3.63) is 42.2 Å². The number of hydrogen-bond donors (Lipinski definition) is 2. The minimum Gasteiger partial charge on any atom is -0.492 e. The van der Waals surface area contributed by atoms with Crippen LogP contribution in [0.3, 0.4) is 0 Å². The Kier molecular flexibility index (Phi) is 7.06. The van der Waals surface area contributed by atoms with E-state index in [9.17, 15) is 4.39 Å². The topological polar surface area (TPSA) is 55.5 Å². The van der Waals surface area contributed by atoms with Gasteiger partial charge in [0, 0.05) is 6.04 Å². The summed E-state index contributed by atoms with van der Waals surface area (Å²) < 4.78 is 18.1. The molecule has 0 aliphatic heterocycles. The molecule has 0 bridgehead atoms. The van der Waals surface area contributed by atoms with Crippen molar-refractivity contribution in [2.45, 2.75) is 25.3 Å². The Balaban J connectivity index is 2.14. The number of rotatable bonds is 8. The first-order valence-electron chi connectivity index (χ1n) is 6.12. The quantitative estimate of drug-likeness (QED) is 0.552. The Bertz CT molecular complexity index is 351. The van der Waals surface area contributed by atoms with Crippen LogP contribution in [-0.4, -0.2) is 24.4 Å². The highest BCUT2D eigenvalue weighted by Crippen LogP contribution is 2.11. The summed E-state index contributed by atoms with van der Waals surface area (Å²) in [5.41, 5.74) is 5.89. The maximum absolute atomic E-state index is 12.6. The number of hydrogen-bond acceptors (Lipinski definition) is 3. The number of aliphatic hydroxyl groups excluding tert-OH is 1. The Morgan fingerprint density at radius 1 is 1.28 bits per heavy atom. The Morgan fingerprint density at radius 2 is 2.00 bits per heavy atom. The monoisotopic (exact) mass is 253 g/mol. The second kappa shape index (κ2) is 8.66. The number of halogens is 1. The molecule has 100 valence electrons. The highest BCUT2D eigenvalue weighted by molar-refractivity contribution is 5.22. The van der Waals surface area contributed by atoms with Crippen molar-refractivity contribution in [1.82, 2.24) is 0 Å². The molecule has 1 aromatic carbocycles. The Labute approximate surface area is 107 Å². The molecule has 0 radical (unpaired) electrons. The van der Waals surface area contributed by atoms with Crippen LogP contribution in [0.25, 0.3) is 0 Å². The minimum atomic E-state index is -0.276. The molecule has 3 N–H and O–H groups in total. The van der Waals surface area contributed by atoms with Crippen molar-refractivity contribution < 1.29 is 14.2 Å². The van der Waals surface area contributed by atoms with Gasteiger partial charge >= 0.3 is 0 Å². The van der Waals surface area contributed by atoms with E-state index in [1.807, 2.05) is 6.08 Å². The molecule has 0 aliphatic carbocycles. The maximum atomic E-state index is 12.6. The molecule has 0 spiro atoms. The predicted molar refractivity (Wildman–Crippen MR) is 69.9 cm³/mol. The molecular weight excluding hydrogens is 233 g/mol. The number of benzene rings is 1. The molecule has 0 saturated carbocycles. The van der Waals surface area contributed by atoms with E-state index in [0.717, 1.165) is 19.3 Å². The van der Waals surface area contributed by atoms with Crippen LogP contribution in [0.4, 0.5) is 4.39 Å². The van der Waals surface area contributed by atoms with Crippen LogP contribution in [0, 0.1) is 5.82 Å². The van der Waals surface area contributed by atoms with Crippen LogP contribution in [0.5, 0.6) is 5.75 Å². The van der Waals surface area contributed by atoms with Gasteiger partial charge in [0.15, 0.2) is 0 Å². The molecule has 4 heteroatoms. The van der Waals surface area contributed by atoms with Crippen molar-refractivity contribution in [3.63, 3.8) is 0 Å². The lowest BCUT2D eigenvalue weighted by Gasteiger charge is -2.12. The van der Waals surface area contributed by atoms with Crippen molar-refractivity contribution in [1.29, 1.82) is 0 Å². The van der Waals surface area contributed by atoms with E-state index in [2.05, 4.69) is 0 Å². The second-order valence-electron chi connectivity index (χ2n) is 4.11. The van der Waals surface area contributed by atoms with E-state index in [-0.39, 0.29) is 18.5 Å². The first kappa shape index (κ1) is 14.7. The fraction of sp³-hybridized carbons (Fsp3) is 0.429. The summed E-state index contributed by atoms with van der Waals surface area (Å²) in [5.74, 6) is 0.356. The van der Waals surface area contributed by atoms with Crippen LogP contribution < -0.4 is 10.5 Å². The first-order chi connectivity index (χ1) is 8.72. The SMILES string of the molecule is NC(CCC/C=C/CO)COc1ccc(F)cc1. The number of nitrogens with two attached hydrogens (primary N) is 1. The molecule has 1 atom stereocenters. The van der Waals surface area contributed by atoms with E-state index < -0.39 is 0 Å². The Hall–Kier alpha value is -1.39. The van der Waals surface area contributed by atoms with Crippen molar-refractivity contribution >= 4 is 0 Å². The molecule has 1 aromatic rings. The largest absolute Gasteiger partial charge is 0.492 e. The van der Waals surface area contributed by atoms with E-state index in [1.54, 1.807) is 18.2 Å². The Morgan fingerprint density at radius 3 is 2.67 bits per heavy atom. The second-order valence-corrected chi connectivity index (χ2v) is 4.11. The summed E-state index contributed by atoms with van der Waals surface area (Å²) in [5, 5.41) is 8.55. The molecule has 0 saturated heterocycles. The maximum Gasteiger partial charge on any atom is 0.123 e. The summed E-state index contributed by atoms with van der Waals surface area (Å²) in [7, 11) is 0. The van der Waals surface area contributed by atoms with Gasteiger partial charge in [-0.2, -0.15) is 0 Å². The summed E-state index contributed by atoms with van der Waals surface area (Å²) >= 11 is 0. The third-order valence-corrected chi connectivity index (χ3v) is 2.50. The minimum absolute atomic E-state index is 0.0300. The molecule has 0 amide bonds. The van der Waals surface area contributed by atoms with E-state index in [1.165, 1.54) is 12.1 Å². The molecule has 0 fully saturated rings. The van der Waals surface area contributed by atoms with Gasteiger partial charge in [-0.1, -0.05) is 12.2 Å². The van der Waals surface area contributed by atoms with Gasteiger partial charge in [-0.05, 0) is 43.5 Å². The summed E-state index contributed by atoms with van der Waals surface area (Å²) in [6, 6.07) is 5.87. The van der Waals surface area contributed by atoms with Crippen LogP contribution >= 0.6 is 0 Å². The van der Waals surface area contributed by atoms with Crippen molar-refractivity contribution in [3.8, 4) is 5.75 Å². The van der Waals surface area contributed by atoms with Gasteiger partial charge in [-0.15, -0.1) is 0 Å². The van der Waals surface area contributed by atoms with Gasteiger partial charge in [0.05, 0.1) is 6.61 Å².